The monoisotopic (exact) mass is 351 g/mol. The SMILES string of the molecule is COc1ccc(-c2csc3nc(=O)cc(C)n23)cc1.[Br-]. The van der Waals surface area contributed by atoms with Gasteiger partial charge >= 0.3 is 0 Å². The molecule has 3 aromatic rings. The number of rotatable bonds is 2. The molecular formula is C14H12BrN2O2S-. The molecule has 0 aliphatic carbocycles. The fraction of sp³-hybridized carbons (Fsp3) is 0.143. The number of halogens is 1. The van der Waals surface area contributed by atoms with Gasteiger partial charge in [-0.2, -0.15) is 4.98 Å². The zero-order chi connectivity index (χ0) is 13.4. The van der Waals surface area contributed by atoms with E-state index in [9.17, 15) is 4.79 Å². The molecule has 0 fully saturated rings. The lowest BCUT2D eigenvalue weighted by Crippen LogP contribution is -3.00. The summed E-state index contributed by atoms with van der Waals surface area (Å²) in [4.78, 5) is 16.1. The number of aromatic nitrogens is 2. The minimum atomic E-state index is -0.194. The molecule has 0 aliphatic heterocycles. The molecule has 0 radical (unpaired) electrons. The van der Waals surface area contributed by atoms with Crippen LogP contribution in [-0.4, -0.2) is 16.5 Å². The normalized spacial score (nSPS) is 10.3. The van der Waals surface area contributed by atoms with Gasteiger partial charge < -0.3 is 21.7 Å². The molecule has 0 saturated carbocycles. The van der Waals surface area contributed by atoms with Crippen LogP contribution in [0.15, 0.2) is 40.5 Å². The molecular weight excluding hydrogens is 340 g/mol. The molecule has 20 heavy (non-hydrogen) atoms. The number of fused-ring (bicyclic) bond motifs is 1. The number of thiazole rings is 1. The van der Waals surface area contributed by atoms with Crippen molar-refractivity contribution in [1.82, 2.24) is 9.38 Å². The molecule has 0 atom stereocenters. The van der Waals surface area contributed by atoms with E-state index in [2.05, 4.69) is 4.98 Å². The number of methoxy groups -OCH3 is 1. The van der Waals surface area contributed by atoms with Crippen molar-refractivity contribution >= 4 is 16.3 Å². The lowest BCUT2D eigenvalue weighted by molar-refractivity contribution is -0.00000428. The van der Waals surface area contributed by atoms with Gasteiger partial charge in [-0.25, -0.2) is 0 Å². The van der Waals surface area contributed by atoms with Gasteiger partial charge in [-0.3, -0.25) is 9.20 Å². The molecule has 0 aliphatic rings. The average molecular weight is 352 g/mol. The van der Waals surface area contributed by atoms with Crippen LogP contribution in [0.25, 0.3) is 16.2 Å². The Balaban J connectivity index is 0.00000147. The van der Waals surface area contributed by atoms with Gasteiger partial charge in [0.1, 0.15) is 5.75 Å². The van der Waals surface area contributed by atoms with Gasteiger partial charge in [0, 0.05) is 17.1 Å². The highest BCUT2D eigenvalue weighted by molar-refractivity contribution is 7.15. The van der Waals surface area contributed by atoms with Gasteiger partial charge in [0.15, 0.2) is 4.96 Å². The van der Waals surface area contributed by atoms with E-state index < -0.39 is 0 Å². The summed E-state index contributed by atoms with van der Waals surface area (Å²) in [5.74, 6) is 0.824. The number of ether oxygens (including phenoxy) is 1. The summed E-state index contributed by atoms with van der Waals surface area (Å²) in [5, 5.41) is 2.01. The van der Waals surface area contributed by atoms with Crippen molar-refractivity contribution in [3.63, 3.8) is 0 Å². The first-order chi connectivity index (χ1) is 9.19. The molecule has 2 aromatic heterocycles. The third-order valence-corrected chi connectivity index (χ3v) is 3.81. The highest BCUT2D eigenvalue weighted by atomic mass is 79.9. The summed E-state index contributed by atoms with van der Waals surface area (Å²) in [6.45, 7) is 1.91. The first-order valence-electron chi connectivity index (χ1n) is 5.81. The van der Waals surface area contributed by atoms with Crippen LogP contribution in [0.5, 0.6) is 5.75 Å². The molecule has 0 unspecified atom stereocenters. The fourth-order valence-electron chi connectivity index (χ4n) is 2.06. The Labute approximate surface area is 130 Å². The molecule has 0 saturated heterocycles. The highest BCUT2D eigenvalue weighted by Crippen LogP contribution is 2.27. The third-order valence-electron chi connectivity index (χ3n) is 2.98. The Kier molecular flexibility index (Phi) is 4.25. The van der Waals surface area contributed by atoms with E-state index in [1.54, 1.807) is 13.2 Å². The minimum Gasteiger partial charge on any atom is -1.00 e. The maximum absolute atomic E-state index is 11.4. The summed E-state index contributed by atoms with van der Waals surface area (Å²) in [7, 11) is 1.65. The number of hydrogen-bond acceptors (Lipinski definition) is 4. The van der Waals surface area contributed by atoms with Crippen LogP contribution >= 0.6 is 11.3 Å². The van der Waals surface area contributed by atoms with E-state index >= 15 is 0 Å². The van der Waals surface area contributed by atoms with Crippen LogP contribution in [0.3, 0.4) is 0 Å². The first kappa shape index (κ1) is 14.7. The van der Waals surface area contributed by atoms with Crippen LogP contribution in [0.1, 0.15) is 5.69 Å². The summed E-state index contributed by atoms with van der Waals surface area (Å²) in [6, 6.07) is 9.39. The van der Waals surface area contributed by atoms with Crippen molar-refractivity contribution in [2.75, 3.05) is 7.11 Å². The zero-order valence-corrected chi connectivity index (χ0v) is 13.4. The molecule has 6 heteroatoms. The summed E-state index contributed by atoms with van der Waals surface area (Å²) in [6.07, 6.45) is 0. The number of benzene rings is 1. The largest absolute Gasteiger partial charge is 1.00 e. The Hall–Kier alpha value is -1.66. The second-order valence-electron chi connectivity index (χ2n) is 4.20. The van der Waals surface area contributed by atoms with Crippen molar-refractivity contribution in [1.29, 1.82) is 0 Å². The molecule has 0 N–H and O–H groups in total. The number of nitrogens with zero attached hydrogens (tertiary/aromatic N) is 2. The summed E-state index contributed by atoms with van der Waals surface area (Å²) in [5.41, 5.74) is 2.80. The first-order valence-corrected chi connectivity index (χ1v) is 6.69. The smallest absolute Gasteiger partial charge is 0.274 e. The minimum absolute atomic E-state index is 0. The number of aryl methyl sites for hydroxylation is 1. The number of hydrogen-bond donors (Lipinski definition) is 0. The van der Waals surface area contributed by atoms with E-state index in [1.807, 2.05) is 41.0 Å². The second kappa shape index (κ2) is 5.76. The molecule has 104 valence electrons. The predicted octanol–water partition coefficient (Wildman–Crippen LogP) is -0.256. The Morgan fingerprint density at radius 1 is 1.25 bits per heavy atom. The standard InChI is InChI=1S/C14H12N2O2S.BrH/c1-9-7-13(17)15-14-16(9)12(8-19-14)10-3-5-11(18-2)6-4-10;/h3-8H,1-2H3;1H/p-1. The van der Waals surface area contributed by atoms with Crippen LogP contribution < -0.4 is 27.3 Å². The van der Waals surface area contributed by atoms with Crippen LogP contribution in [0.2, 0.25) is 0 Å². The van der Waals surface area contributed by atoms with E-state index in [0.29, 0.717) is 0 Å². The van der Waals surface area contributed by atoms with Crippen LogP contribution in [-0.2, 0) is 0 Å². The lowest BCUT2D eigenvalue weighted by Gasteiger charge is -2.06. The van der Waals surface area contributed by atoms with E-state index in [-0.39, 0.29) is 22.5 Å². The molecule has 1 aromatic carbocycles. The van der Waals surface area contributed by atoms with Crippen LogP contribution in [0, 0.1) is 6.92 Å². The van der Waals surface area contributed by atoms with Gasteiger partial charge in [-0.1, -0.05) is 0 Å². The molecule has 0 bridgehead atoms. The Morgan fingerprint density at radius 3 is 2.60 bits per heavy atom. The lowest BCUT2D eigenvalue weighted by atomic mass is 10.1. The van der Waals surface area contributed by atoms with Crippen molar-refractivity contribution in [3.05, 3.63) is 51.8 Å². The second-order valence-corrected chi connectivity index (χ2v) is 5.04. The molecule has 4 nitrogen and oxygen atoms in total. The maximum Gasteiger partial charge on any atom is 0.274 e. The van der Waals surface area contributed by atoms with Gasteiger partial charge in [0.05, 0.1) is 12.8 Å². The predicted molar refractivity (Wildman–Crippen MR) is 76.1 cm³/mol. The van der Waals surface area contributed by atoms with Crippen LogP contribution in [0.4, 0.5) is 0 Å². The van der Waals surface area contributed by atoms with Gasteiger partial charge in [0.25, 0.3) is 5.56 Å². The molecule has 0 spiro atoms. The molecule has 2 heterocycles. The van der Waals surface area contributed by atoms with Crippen molar-refractivity contribution < 1.29 is 21.7 Å². The molecule has 3 rings (SSSR count). The van der Waals surface area contributed by atoms with E-state index in [1.165, 1.54) is 11.3 Å². The topological polar surface area (TPSA) is 43.6 Å². The summed E-state index contributed by atoms with van der Waals surface area (Å²) >= 11 is 1.47. The Bertz CT molecular complexity index is 793. The highest BCUT2D eigenvalue weighted by Gasteiger charge is 2.09. The average Bonchev–Trinajstić information content (AvgIpc) is 2.83. The van der Waals surface area contributed by atoms with E-state index in [4.69, 9.17) is 4.74 Å². The maximum atomic E-state index is 11.4. The summed E-state index contributed by atoms with van der Waals surface area (Å²) < 4.78 is 7.15. The van der Waals surface area contributed by atoms with Crippen molar-refractivity contribution in [2.45, 2.75) is 6.92 Å². The third kappa shape index (κ3) is 2.48. The molecule has 0 amide bonds. The zero-order valence-electron chi connectivity index (χ0n) is 11.0. The van der Waals surface area contributed by atoms with Crippen molar-refractivity contribution in [3.8, 4) is 17.0 Å². The quantitative estimate of drug-likeness (QED) is 0.639. The van der Waals surface area contributed by atoms with Gasteiger partial charge in [-0.15, -0.1) is 11.3 Å². The van der Waals surface area contributed by atoms with Gasteiger partial charge in [-0.05, 0) is 36.8 Å². The Morgan fingerprint density at radius 2 is 1.95 bits per heavy atom. The fourth-order valence-corrected chi connectivity index (χ4v) is 3.01. The van der Waals surface area contributed by atoms with Crippen molar-refractivity contribution in [2.24, 2.45) is 0 Å². The van der Waals surface area contributed by atoms with E-state index in [0.717, 1.165) is 27.7 Å². The van der Waals surface area contributed by atoms with Gasteiger partial charge in [0.2, 0.25) is 0 Å².